The zero-order chi connectivity index (χ0) is 13.2. The number of nitrogen functional groups attached to an aromatic ring is 1. The first-order valence-electron chi connectivity index (χ1n) is 5.94. The molecule has 2 atom stereocenters. The number of rotatable bonds is 3. The molecule has 0 aliphatic carbocycles. The average molecular weight is 272 g/mol. The van der Waals surface area contributed by atoms with Crippen LogP contribution in [0.15, 0.2) is 12.3 Å². The Bertz CT molecular complexity index is 420. The molecule has 0 saturated carbocycles. The fourth-order valence-corrected chi connectivity index (χ4v) is 2.38. The number of nitrogens with two attached hydrogens (primary N) is 1. The number of halogens is 1. The van der Waals surface area contributed by atoms with Crippen LogP contribution in [-0.2, 0) is 10.3 Å². The van der Waals surface area contributed by atoms with E-state index in [0.717, 1.165) is 6.54 Å². The van der Waals surface area contributed by atoms with Gasteiger partial charge >= 0.3 is 0 Å². The normalized spacial score (nSPS) is 23.6. The van der Waals surface area contributed by atoms with Crippen LogP contribution >= 0.6 is 11.6 Å². The predicted octanol–water partition coefficient (Wildman–Crippen LogP) is 0.903. The van der Waals surface area contributed by atoms with Gasteiger partial charge in [-0.25, -0.2) is 4.98 Å². The van der Waals surface area contributed by atoms with Crippen LogP contribution in [-0.4, -0.2) is 35.9 Å². The monoisotopic (exact) mass is 271 g/mol. The molecular weight excluding hydrogens is 254 g/mol. The summed E-state index contributed by atoms with van der Waals surface area (Å²) in [6, 6.07) is 1.76. The largest absolute Gasteiger partial charge is 0.385 e. The van der Waals surface area contributed by atoms with Gasteiger partial charge in [-0.3, -0.25) is 0 Å². The molecular formula is C12H18ClN3O2. The highest BCUT2D eigenvalue weighted by Crippen LogP contribution is 2.31. The molecule has 0 spiro atoms. The fourth-order valence-electron chi connectivity index (χ4n) is 2.22. The standard InChI is InChI=1S/C12H18ClN3O2/c1-12(17,5-9-7-18-3-2-15-9)10-4-8(13)6-16-11(10)14/h4,6,9,15,17H,2-3,5,7H2,1H3,(H2,14,16). The van der Waals surface area contributed by atoms with E-state index in [-0.39, 0.29) is 6.04 Å². The van der Waals surface area contributed by atoms with Gasteiger partial charge in [0.25, 0.3) is 0 Å². The molecule has 100 valence electrons. The summed E-state index contributed by atoms with van der Waals surface area (Å²) in [5.41, 5.74) is 5.27. The number of morpholine rings is 1. The van der Waals surface area contributed by atoms with Crippen LogP contribution in [0.1, 0.15) is 18.9 Å². The minimum atomic E-state index is -1.08. The van der Waals surface area contributed by atoms with Gasteiger partial charge in [-0.1, -0.05) is 11.6 Å². The lowest BCUT2D eigenvalue weighted by Crippen LogP contribution is -2.45. The van der Waals surface area contributed by atoms with E-state index in [2.05, 4.69) is 10.3 Å². The third kappa shape index (κ3) is 3.11. The lowest BCUT2D eigenvalue weighted by molar-refractivity contribution is 0.00353. The lowest BCUT2D eigenvalue weighted by Gasteiger charge is -2.32. The van der Waals surface area contributed by atoms with E-state index in [4.69, 9.17) is 22.1 Å². The number of aromatic nitrogens is 1. The SMILES string of the molecule is CC(O)(CC1COCCN1)c1cc(Cl)cnc1N. The molecule has 5 nitrogen and oxygen atoms in total. The molecule has 1 aliphatic heterocycles. The minimum Gasteiger partial charge on any atom is -0.385 e. The van der Waals surface area contributed by atoms with Crippen molar-refractivity contribution in [3.8, 4) is 0 Å². The Morgan fingerprint density at radius 2 is 2.50 bits per heavy atom. The number of anilines is 1. The first-order valence-corrected chi connectivity index (χ1v) is 6.32. The average Bonchev–Trinajstić information content (AvgIpc) is 2.33. The van der Waals surface area contributed by atoms with Crippen molar-refractivity contribution in [1.29, 1.82) is 0 Å². The van der Waals surface area contributed by atoms with Gasteiger partial charge in [0.2, 0.25) is 0 Å². The summed E-state index contributed by atoms with van der Waals surface area (Å²) in [4.78, 5) is 3.97. The quantitative estimate of drug-likeness (QED) is 0.761. The van der Waals surface area contributed by atoms with Crippen molar-refractivity contribution in [2.45, 2.75) is 25.0 Å². The van der Waals surface area contributed by atoms with Crippen LogP contribution in [0.3, 0.4) is 0 Å². The summed E-state index contributed by atoms with van der Waals surface area (Å²) < 4.78 is 5.37. The Hall–Kier alpha value is -0.880. The fraction of sp³-hybridized carbons (Fsp3) is 0.583. The van der Waals surface area contributed by atoms with Gasteiger partial charge in [0.1, 0.15) is 5.82 Å². The van der Waals surface area contributed by atoms with Gasteiger partial charge in [-0.2, -0.15) is 0 Å². The second-order valence-corrected chi connectivity index (χ2v) is 5.23. The molecule has 6 heteroatoms. The highest BCUT2D eigenvalue weighted by atomic mass is 35.5. The van der Waals surface area contributed by atoms with Crippen LogP contribution in [0.4, 0.5) is 5.82 Å². The Balaban J connectivity index is 2.15. The highest BCUT2D eigenvalue weighted by Gasteiger charge is 2.31. The van der Waals surface area contributed by atoms with Gasteiger partial charge in [0.15, 0.2) is 0 Å². The molecule has 2 heterocycles. The van der Waals surface area contributed by atoms with Crippen LogP contribution < -0.4 is 11.1 Å². The Kier molecular flexibility index (Phi) is 4.07. The third-order valence-electron chi connectivity index (χ3n) is 3.11. The van der Waals surface area contributed by atoms with Gasteiger partial charge in [0.05, 0.1) is 23.8 Å². The van der Waals surface area contributed by atoms with E-state index < -0.39 is 5.60 Å². The molecule has 2 unspecified atom stereocenters. The maximum Gasteiger partial charge on any atom is 0.129 e. The summed E-state index contributed by atoms with van der Waals surface area (Å²) >= 11 is 5.90. The van der Waals surface area contributed by atoms with Gasteiger partial charge in [0, 0.05) is 24.3 Å². The van der Waals surface area contributed by atoms with Crippen LogP contribution in [0, 0.1) is 0 Å². The molecule has 1 aromatic rings. The number of hydrogen-bond donors (Lipinski definition) is 3. The smallest absolute Gasteiger partial charge is 0.129 e. The lowest BCUT2D eigenvalue weighted by atomic mass is 9.89. The molecule has 0 bridgehead atoms. The number of hydrogen-bond acceptors (Lipinski definition) is 5. The number of ether oxygens (including phenoxy) is 1. The van der Waals surface area contributed by atoms with Crippen molar-refractivity contribution in [3.63, 3.8) is 0 Å². The Morgan fingerprint density at radius 1 is 1.72 bits per heavy atom. The van der Waals surface area contributed by atoms with Crippen molar-refractivity contribution < 1.29 is 9.84 Å². The summed E-state index contributed by atoms with van der Waals surface area (Å²) in [5, 5.41) is 14.3. The van der Waals surface area contributed by atoms with E-state index in [0.29, 0.717) is 36.0 Å². The van der Waals surface area contributed by atoms with Crippen LogP contribution in [0.2, 0.25) is 5.02 Å². The molecule has 1 aromatic heterocycles. The van der Waals surface area contributed by atoms with E-state index in [9.17, 15) is 5.11 Å². The topological polar surface area (TPSA) is 80.4 Å². The van der Waals surface area contributed by atoms with Crippen molar-refractivity contribution in [2.24, 2.45) is 0 Å². The van der Waals surface area contributed by atoms with Gasteiger partial charge in [-0.15, -0.1) is 0 Å². The molecule has 1 fully saturated rings. The number of pyridine rings is 1. The molecule has 0 radical (unpaired) electrons. The zero-order valence-corrected chi connectivity index (χ0v) is 11.1. The molecule has 1 aliphatic rings. The summed E-state index contributed by atoms with van der Waals surface area (Å²) in [7, 11) is 0. The predicted molar refractivity (Wildman–Crippen MR) is 70.5 cm³/mol. The van der Waals surface area contributed by atoms with E-state index in [1.807, 2.05) is 0 Å². The van der Waals surface area contributed by atoms with Crippen molar-refractivity contribution in [1.82, 2.24) is 10.3 Å². The molecule has 2 rings (SSSR count). The molecule has 1 saturated heterocycles. The van der Waals surface area contributed by atoms with Crippen molar-refractivity contribution >= 4 is 17.4 Å². The molecule has 18 heavy (non-hydrogen) atoms. The zero-order valence-electron chi connectivity index (χ0n) is 10.3. The first kappa shape index (κ1) is 13.5. The first-order chi connectivity index (χ1) is 8.49. The van der Waals surface area contributed by atoms with E-state index in [1.54, 1.807) is 13.0 Å². The summed E-state index contributed by atoms with van der Waals surface area (Å²) in [5.74, 6) is 0.307. The Morgan fingerprint density at radius 3 is 3.17 bits per heavy atom. The number of nitrogens with one attached hydrogen (secondary N) is 1. The minimum absolute atomic E-state index is 0.104. The summed E-state index contributed by atoms with van der Waals surface area (Å²) in [6.45, 7) is 3.81. The van der Waals surface area contributed by atoms with E-state index in [1.165, 1.54) is 6.20 Å². The number of aliphatic hydroxyl groups is 1. The third-order valence-corrected chi connectivity index (χ3v) is 3.31. The molecule has 0 amide bonds. The van der Waals surface area contributed by atoms with E-state index >= 15 is 0 Å². The number of nitrogens with zero attached hydrogens (tertiary/aromatic N) is 1. The highest BCUT2D eigenvalue weighted by molar-refractivity contribution is 6.30. The second kappa shape index (κ2) is 5.40. The summed E-state index contributed by atoms with van der Waals surface area (Å²) in [6.07, 6.45) is 1.97. The molecule has 0 aromatic carbocycles. The maximum atomic E-state index is 10.6. The van der Waals surface area contributed by atoms with Crippen LogP contribution in [0.5, 0.6) is 0 Å². The second-order valence-electron chi connectivity index (χ2n) is 4.79. The van der Waals surface area contributed by atoms with Crippen LogP contribution in [0.25, 0.3) is 0 Å². The van der Waals surface area contributed by atoms with Crippen molar-refractivity contribution in [3.05, 3.63) is 22.8 Å². The van der Waals surface area contributed by atoms with Crippen molar-refractivity contribution in [2.75, 3.05) is 25.5 Å². The van der Waals surface area contributed by atoms with Gasteiger partial charge < -0.3 is 20.9 Å². The molecule has 4 N–H and O–H groups in total. The van der Waals surface area contributed by atoms with Gasteiger partial charge in [-0.05, 0) is 19.4 Å². The maximum absolute atomic E-state index is 10.6. The Labute approximate surface area is 111 Å².